The number of nitrogens with two attached hydrogens (primary N) is 1. The van der Waals surface area contributed by atoms with Gasteiger partial charge < -0.3 is 26.4 Å². The van der Waals surface area contributed by atoms with Crippen LogP contribution < -0.4 is 21.3 Å². The third-order valence-corrected chi connectivity index (χ3v) is 5.26. The Morgan fingerprint density at radius 3 is 2.44 bits per heavy atom. The number of rotatable bonds is 10. The van der Waals surface area contributed by atoms with Gasteiger partial charge in [-0.25, -0.2) is 0 Å². The van der Waals surface area contributed by atoms with E-state index in [1.807, 2.05) is 43.3 Å². The topological polar surface area (TPSA) is 132 Å². The molecule has 0 aliphatic heterocycles. The fourth-order valence-electron chi connectivity index (χ4n) is 3.50. The third kappa shape index (κ3) is 6.43. The Hall–Kier alpha value is -4.17. The zero-order valence-electron chi connectivity index (χ0n) is 19.0. The molecule has 3 aromatic carbocycles. The molecule has 34 heavy (non-hydrogen) atoms. The molecule has 0 aromatic heterocycles. The van der Waals surface area contributed by atoms with E-state index in [-0.39, 0.29) is 43.9 Å². The van der Waals surface area contributed by atoms with Crippen molar-refractivity contribution >= 4 is 29.0 Å². The van der Waals surface area contributed by atoms with E-state index >= 15 is 0 Å². The van der Waals surface area contributed by atoms with Gasteiger partial charge in [0, 0.05) is 35.6 Å². The van der Waals surface area contributed by atoms with E-state index in [1.54, 1.807) is 36.4 Å². The van der Waals surface area contributed by atoms with Crippen LogP contribution in [0.2, 0.25) is 0 Å². The number of hydrogen-bond donors (Lipinski definition) is 5. The molecule has 0 atom stereocenters. The van der Waals surface area contributed by atoms with Crippen molar-refractivity contribution in [3.63, 3.8) is 0 Å². The highest BCUT2D eigenvalue weighted by molar-refractivity contribution is 5.98. The second-order valence-electron chi connectivity index (χ2n) is 7.80. The second kappa shape index (κ2) is 11.6. The molecule has 8 nitrogen and oxygen atoms in total. The summed E-state index contributed by atoms with van der Waals surface area (Å²) in [6.07, 6.45) is 0. The number of amidine groups is 1. The van der Waals surface area contributed by atoms with Crippen LogP contribution in [0, 0.1) is 12.3 Å². The summed E-state index contributed by atoms with van der Waals surface area (Å²) < 4.78 is 0. The SMILES string of the molecule is Cc1cccc(C(=O)NCc2ccc(C(=N)N)cc2NCC(=O)N(CCO)c2ccccc2)c1. The zero-order chi connectivity index (χ0) is 24.5. The molecule has 0 fully saturated rings. The van der Waals surface area contributed by atoms with Crippen molar-refractivity contribution in [3.8, 4) is 0 Å². The molecule has 2 amide bonds. The number of para-hydroxylation sites is 1. The van der Waals surface area contributed by atoms with E-state index in [4.69, 9.17) is 11.1 Å². The zero-order valence-corrected chi connectivity index (χ0v) is 19.0. The largest absolute Gasteiger partial charge is 0.395 e. The third-order valence-electron chi connectivity index (χ3n) is 5.26. The minimum atomic E-state index is -0.233. The quantitative estimate of drug-likeness (QED) is 0.235. The van der Waals surface area contributed by atoms with Gasteiger partial charge in [-0.3, -0.25) is 15.0 Å². The number of nitrogen functional groups attached to an aromatic ring is 1. The van der Waals surface area contributed by atoms with Gasteiger partial charge in [0.15, 0.2) is 0 Å². The summed E-state index contributed by atoms with van der Waals surface area (Å²) in [5.74, 6) is -0.543. The summed E-state index contributed by atoms with van der Waals surface area (Å²) in [5, 5.41) is 23.2. The molecule has 0 spiro atoms. The maximum absolute atomic E-state index is 12.9. The standard InChI is InChI=1S/C26H29N5O3/c1-18-6-5-7-20(14-18)26(34)30-16-21-11-10-19(25(27)28)15-23(21)29-17-24(33)31(12-13-32)22-8-3-2-4-9-22/h2-11,14-15,29,32H,12-13,16-17H2,1H3,(H3,27,28)(H,30,34). The molecule has 6 N–H and O–H groups in total. The molecule has 0 heterocycles. The lowest BCUT2D eigenvalue weighted by molar-refractivity contribution is -0.117. The van der Waals surface area contributed by atoms with Crippen LogP contribution in [0.4, 0.5) is 11.4 Å². The fourth-order valence-corrected chi connectivity index (χ4v) is 3.50. The van der Waals surface area contributed by atoms with E-state index in [0.717, 1.165) is 11.1 Å². The molecule has 3 aromatic rings. The number of aliphatic hydroxyl groups is 1. The van der Waals surface area contributed by atoms with Crippen molar-refractivity contribution in [1.29, 1.82) is 5.41 Å². The first-order valence-electron chi connectivity index (χ1n) is 10.9. The van der Waals surface area contributed by atoms with Gasteiger partial charge in [-0.2, -0.15) is 0 Å². The Morgan fingerprint density at radius 2 is 1.76 bits per heavy atom. The van der Waals surface area contributed by atoms with Crippen LogP contribution in [0.3, 0.4) is 0 Å². The summed E-state index contributed by atoms with van der Waals surface area (Å²) in [4.78, 5) is 27.0. The molecule has 0 saturated carbocycles. The molecule has 176 valence electrons. The predicted octanol–water partition coefficient (Wildman–Crippen LogP) is 2.65. The van der Waals surface area contributed by atoms with Gasteiger partial charge >= 0.3 is 0 Å². The van der Waals surface area contributed by atoms with Crippen LogP contribution >= 0.6 is 0 Å². The van der Waals surface area contributed by atoms with Crippen LogP contribution in [0.5, 0.6) is 0 Å². The van der Waals surface area contributed by atoms with Crippen LogP contribution in [-0.2, 0) is 11.3 Å². The van der Waals surface area contributed by atoms with Gasteiger partial charge in [-0.05, 0) is 42.8 Å². The number of aliphatic hydroxyl groups excluding tert-OH is 1. The van der Waals surface area contributed by atoms with Crippen molar-refractivity contribution < 1.29 is 14.7 Å². The second-order valence-corrected chi connectivity index (χ2v) is 7.80. The van der Waals surface area contributed by atoms with Gasteiger partial charge in [-0.1, -0.05) is 48.0 Å². The summed E-state index contributed by atoms with van der Waals surface area (Å²) in [7, 11) is 0. The summed E-state index contributed by atoms with van der Waals surface area (Å²) in [5.41, 5.74) is 9.72. The van der Waals surface area contributed by atoms with Gasteiger partial charge in [0.05, 0.1) is 13.2 Å². The Morgan fingerprint density at radius 1 is 1.00 bits per heavy atom. The normalized spacial score (nSPS) is 10.4. The van der Waals surface area contributed by atoms with Crippen LogP contribution in [0.15, 0.2) is 72.8 Å². The van der Waals surface area contributed by atoms with Crippen LogP contribution in [-0.4, -0.2) is 42.5 Å². The first kappa shape index (κ1) is 24.5. The summed E-state index contributed by atoms with van der Waals surface area (Å²) >= 11 is 0. The minimum absolute atomic E-state index is 0.0465. The lowest BCUT2D eigenvalue weighted by Gasteiger charge is -2.23. The fraction of sp³-hybridized carbons (Fsp3) is 0.192. The van der Waals surface area contributed by atoms with Crippen LogP contribution in [0.25, 0.3) is 0 Å². The highest BCUT2D eigenvalue weighted by Crippen LogP contribution is 2.19. The van der Waals surface area contributed by atoms with E-state index in [1.165, 1.54) is 4.90 Å². The van der Waals surface area contributed by atoms with E-state index < -0.39 is 0 Å². The average molecular weight is 460 g/mol. The van der Waals surface area contributed by atoms with Crippen LogP contribution in [0.1, 0.15) is 27.0 Å². The summed E-state index contributed by atoms with van der Waals surface area (Å²) in [6.45, 7) is 2.09. The number of nitrogens with zero attached hydrogens (tertiary/aromatic N) is 1. The minimum Gasteiger partial charge on any atom is -0.395 e. The Labute approximate surface area is 198 Å². The van der Waals surface area contributed by atoms with Gasteiger partial charge in [0.25, 0.3) is 5.91 Å². The number of amides is 2. The average Bonchev–Trinajstić information content (AvgIpc) is 2.85. The smallest absolute Gasteiger partial charge is 0.251 e. The number of benzene rings is 3. The van der Waals surface area contributed by atoms with Crippen molar-refractivity contribution in [2.45, 2.75) is 13.5 Å². The molecule has 0 saturated heterocycles. The number of carbonyl (C=O) groups excluding carboxylic acids is 2. The molecule has 0 aliphatic carbocycles. The van der Waals surface area contributed by atoms with Crippen molar-refractivity contribution in [2.24, 2.45) is 5.73 Å². The maximum atomic E-state index is 12.9. The van der Waals surface area contributed by atoms with E-state index in [9.17, 15) is 14.7 Å². The Bertz CT molecular complexity index is 1160. The number of anilines is 2. The van der Waals surface area contributed by atoms with Gasteiger partial charge in [-0.15, -0.1) is 0 Å². The van der Waals surface area contributed by atoms with E-state index in [0.29, 0.717) is 22.5 Å². The lowest BCUT2D eigenvalue weighted by Crippen LogP contribution is -2.37. The molecular formula is C26H29N5O3. The van der Waals surface area contributed by atoms with Gasteiger partial charge in [0.1, 0.15) is 5.84 Å². The Kier molecular flexibility index (Phi) is 8.37. The summed E-state index contributed by atoms with van der Waals surface area (Å²) in [6, 6.07) is 21.6. The number of aryl methyl sites for hydroxylation is 1. The molecular weight excluding hydrogens is 430 g/mol. The van der Waals surface area contributed by atoms with Crippen molar-refractivity contribution in [2.75, 3.05) is 29.9 Å². The Balaban J connectivity index is 1.75. The van der Waals surface area contributed by atoms with Gasteiger partial charge in [0.2, 0.25) is 5.91 Å². The number of hydrogen-bond acceptors (Lipinski definition) is 5. The molecule has 0 radical (unpaired) electrons. The molecule has 8 heteroatoms. The lowest BCUT2D eigenvalue weighted by atomic mass is 10.1. The number of carbonyl (C=O) groups is 2. The first-order valence-corrected chi connectivity index (χ1v) is 10.9. The first-order chi connectivity index (χ1) is 16.4. The molecule has 0 bridgehead atoms. The monoisotopic (exact) mass is 459 g/mol. The predicted molar refractivity (Wildman–Crippen MR) is 134 cm³/mol. The highest BCUT2D eigenvalue weighted by Gasteiger charge is 2.16. The van der Waals surface area contributed by atoms with E-state index in [2.05, 4.69) is 10.6 Å². The maximum Gasteiger partial charge on any atom is 0.251 e. The number of nitrogens with one attached hydrogen (secondary N) is 3. The highest BCUT2D eigenvalue weighted by atomic mass is 16.3. The molecule has 0 unspecified atom stereocenters. The molecule has 0 aliphatic rings. The van der Waals surface area contributed by atoms with Crippen molar-refractivity contribution in [3.05, 3.63) is 95.1 Å². The molecule has 3 rings (SSSR count). The van der Waals surface area contributed by atoms with Crippen molar-refractivity contribution in [1.82, 2.24) is 5.32 Å².